The molecule has 2 saturated heterocycles. The molecule has 20 heavy (non-hydrogen) atoms. The van der Waals surface area contributed by atoms with Crippen LogP contribution in [0.5, 0.6) is 0 Å². The zero-order chi connectivity index (χ0) is 14.7. The van der Waals surface area contributed by atoms with Crippen molar-refractivity contribution < 1.29 is 19.8 Å². The van der Waals surface area contributed by atoms with Gasteiger partial charge in [-0.25, -0.2) is 4.79 Å². The Morgan fingerprint density at radius 1 is 1.20 bits per heavy atom. The van der Waals surface area contributed by atoms with E-state index in [2.05, 4.69) is 0 Å². The van der Waals surface area contributed by atoms with Crippen molar-refractivity contribution in [2.24, 2.45) is 5.92 Å². The van der Waals surface area contributed by atoms with Crippen LogP contribution in [0.3, 0.4) is 0 Å². The SMILES string of the molecule is CC1C(C(=O)O)CCN1C(=O)N1CCCC1CCCO. The van der Waals surface area contributed by atoms with E-state index in [0.717, 1.165) is 25.8 Å². The van der Waals surface area contributed by atoms with Crippen LogP contribution in [0, 0.1) is 5.92 Å². The number of aliphatic hydroxyl groups excluding tert-OH is 1. The summed E-state index contributed by atoms with van der Waals surface area (Å²) in [4.78, 5) is 27.3. The lowest BCUT2D eigenvalue weighted by Gasteiger charge is -2.32. The van der Waals surface area contributed by atoms with Crippen LogP contribution < -0.4 is 0 Å². The molecule has 3 atom stereocenters. The van der Waals surface area contributed by atoms with Gasteiger partial charge in [0.25, 0.3) is 0 Å². The largest absolute Gasteiger partial charge is 0.481 e. The average molecular weight is 284 g/mol. The number of rotatable bonds is 4. The fraction of sp³-hybridized carbons (Fsp3) is 0.857. The standard InChI is InChI=1S/C14H24N2O4/c1-10-12(13(18)19)6-8-15(10)14(20)16-7-2-4-11(16)5-3-9-17/h10-12,17H,2-9H2,1H3,(H,18,19). The molecule has 6 heteroatoms. The van der Waals surface area contributed by atoms with Gasteiger partial charge in [0.1, 0.15) is 0 Å². The second kappa shape index (κ2) is 6.43. The van der Waals surface area contributed by atoms with Gasteiger partial charge in [-0.2, -0.15) is 0 Å². The summed E-state index contributed by atoms with van der Waals surface area (Å²) in [6.45, 7) is 3.25. The van der Waals surface area contributed by atoms with E-state index in [-0.39, 0.29) is 24.7 Å². The van der Waals surface area contributed by atoms with E-state index in [1.165, 1.54) is 0 Å². The molecule has 2 heterocycles. The quantitative estimate of drug-likeness (QED) is 0.811. The zero-order valence-electron chi connectivity index (χ0n) is 12.0. The minimum atomic E-state index is -0.814. The number of aliphatic carboxylic acids is 1. The Kier molecular flexibility index (Phi) is 4.86. The molecule has 2 amide bonds. The van der Waals surface area contributed by atoms with Gasteiger partial charge in [-0.1, -0.05) is 0 Å². The molecule has 3 unspecified atom stereocenters. The van der Waals surface area contributed by atoms with E-state index in [1.807, 2.05) is 11.8 Å². The summed E-state index contributed by atoms with van der Waals surface area (Å²) in [7, 11) is 0. The first kappa shape index (κ1) is 15.1. The van der Waals surface area contributed by atoms with Crippen molar-refractivity contribution in [1.82, 2.24) is 9.80 Å². The predicted molar refractivity (Wildman–Crippen MR) is 73.4 cm³/mol. The summed E-state index contributed by atoms with van der Waals surface area (Å²) in [6.07, 6.45) is 4.05. The van der Waals surface area contributed by atoms with Crippen LogP contribution in [-0.4, -0.2) is 63.8 Å². The first-order chi connectivity index (χ1) is 9.56. The van der Waals surface area contributed by atoms with Crippen molar-refractivity contribution in [3.8, 4) is 0 Å². The van der Waals surface area contributed by atoms with Gasteiger partial charge in [0.2, 0.25) is 0 Å². The summed E-state index contributed by atoms with van der Waals surface area (Å²) in [6, 6.07) is -0.0634. The van der Waals surface area contributed by atoms with Gasteiger partial charge >= 0.3 is 12.0 Å². The number of carboxylic acid groups (broad SMARTS) is 1. The van der Waals surface area contributed by atoms with Gasteiger partial charge in [0.05, 0.1) is 5.92 Å². The van der Waals surface area contributed by atoms with Gasteiger partial charge in [-0.3, -0.25) is 4.79 Å². The maximum atomic E-state index is 12.6. The van der Waals surface area contributed by atoms with Crippen molar-refractivity contribution in [3.63, 3.8) is 0 Å². The molecule has 0 aliphatic carbocycles. The maximum absolute atomic E-state index is 12.6. The molecule has 6 nitrogen and oxygen atoms in total. The Labute approximate surface area is 119 Å². The number of aliphatic hydroxyl groups is 1. The molecular weight excluding hydrogens is 260 g/mol. The van der Waals surface area contributed by atoms with E-state index >= 15 is 0 Å². The highest BCUT2D eigenvalue weighted by Crippen LogP contribution is 2.29. The number of carboxylic acids is 1. The lowest BCUT2D eigenvalue weighted by Crippen LogP contribution is -2.48. The van der Waals surface area contributed by atoms with Crippen molar-refractivity contribution >= 4 is 12.0 Å². The number of urea groups is 1. The predicted octanol–water partition coefficient (Wildman–Crippen LogP) is 1.14. The molecule has 2 fully saturated rings. The highest BCUT2D eigenvalue weighted by atomic mass is 16.4. The van der Waals surface area contributed by atoms with E-state index in [4.69, 9.17) is 10.2 Å². The third-order valence-corrected chi connectivity index (χ3v) is 4.64. The van der Waals surface area contributed by atoms with Crippen molar-refractivity contribution in [2.75, 3.05) is 19.7 Å². The summed E-state index contributed by atoms with van der Waals surface area (Å²) < 4.78 is 0. The van der Waals surface area contributed by atoms with Crippen molar-refractivity contribution in [3.05, 3.63) is 0 Å². The number of hydrogen-bond acceptors (Lipinski definition) is 3. The van der Waals surface area contributed by atoms with Crippen LogP contribution in [0.1, 0.15) is 39.0 Å². The molecule has 2 aliphatic heterocycles. The molecule has 0 radical (unpaired) electrons. The normalized spacial score (nSPS) is 30.0. The Morgan fingerprint density at radius 2 is 1.95 bits per heavy atom. The van der Waals surface area contributed by atoms with Gasteiger partial charge in [0.15, 0.2) is 0 Å². The smallest absolute Gasteiger partial charge is 0.320 e. The van der Waals surface area contributed by atoms with Gasteiger partial charge in [-0.15, -0.1) is 0 Å². The highest BCUT2D eigenvalue weighted by Gasteiger charge is 2.41. The molecule has 114 valence electrons. The molecule has 0 aromatic rings. The van der Waals surface area contributed by atoms with E-state index in [1.54, 1.807) is 4.90 Å². The van der Waals surface area contributed by atoms with Crippen LogP contribution in [-0.2, 0) is 4.79 Å². The van der Waals surface area contributed by atoms with Crippen LogP contribution in [0.4, 0.5) is 4.79 Å². The number of nitrogens with zero attached hydrogens (tertiary/aromatic N) is 2. The van der Waals surface area contributed by atoms with Crippen molar-refractivity contribution in [2.45, 2.75) is 51.1 Å². The molecule has 0 spiro atoms. The minimum absolute atomic E-state index is 0.0262. The molecular formula is C14H24N2O4. The van der Waals surface area contributed by atoms with E-state index in [9.17, 15) is 9.59 Å². The monoisotopic (exact) mass is 284 g/mol. The maximum Gasteiger partial charge on any atom is 0.320 e. The van der Waals surface area contributed by atoms with Gasteiger partial charge < -0.3 is 20.0 Å². The molecule has 2 N–H and O–H groups in total. The first-order valence-corrected chi connectivity index (χ1v) is 7.47. The molecule has 0 aromatic heterocycles. The Bertz CT molecular complexity index is 374. The number of amides is 2. The second-order valence-corrected chi connectivity index (χ2v) is 5.81. The number of hydrogen-bond donors (Lipinski definition) is 2. The number of carbonyl (C=O) groups excluding carboxylic acids is 1. The number of likely N-dealkylation sites (tertiary alicyclic amines) is 2. The fourth-order valence-electron chi connectivity index (χ4n) is 3.42. The third kappa shape index (κ3) is 2.90. The van der Waals surface area contributed by atoms with Crippen molar-refractivity contribution in [1.29, 1.82) is 0 Å². The minimum Gasteiger partial charge on any atom is -0.481 e. The van der Waals surface area contributed by atoms with E-state index in [0.29, 0.717) is 19.4 Å². The summed E-state index contributed by atoms with van der Waals surface area (Å²) >= 11 is 0. The summed E-state index contributed by atoms with van der Waals surface area (Å²) in [5.41, 5.74) is 0. The Hall–Kier alpha value is -1.30. The fourth-order valence-corrected chi connectivity index (χ4v) is 3.42. The summed E-state index contributed by atoms with van der Waals surface area (Å²) in [5, 5.41) is 18.1. The van der Waals surface area contributed by atoms with Crippen LogP contribution in [0.25, 0.3) is 0 Å². The van der Waals surface area contributed by atoms with Gasteiger partial charge in [0, 0.05) is 31.8 Å². The number of carbonyl (C=O) groups is 2. The Morgan fingerprint density at radius 3 is 2.55 bits per heavy atom. The summed E-state index contributed by atoms with van der Waals surface area (Å²) in [5.74, 6) is -1.26. The second-order valence-electron chi connectivity index (χ2n) is 5.81. The zero-order valence-corrected chi connectivity index (χ0v) is 12.0. The molecule has 2 rings (SSSR count). The highest BCUT2D eigenvalue weighted by molar-refractivity contribution is 5.78. The first-order valence-electron chi connectivity index (χ1n) is 7.47. The molecule has 0 aromatic carbocycles. The lowest BCUT2D eigenvalue weighted by molar-refractivity contribution is -0.142. The van der Waals surface area contributed by atoms with Gasteiger partial charge in [-0.05, 0) is 39.0 Å². The Balaban J connectivity index is 1.98. The molecule has 0 saturated carbocycles. The van der Waals surface area contributed by atoms with Crippen LogP contribution in [0.2, 0.25) is 0 Å². The average Bonchev–Trinajstić information content (AvgIpc) is 3.01. The van der Waals surface area contributed by atoms with E-state index < -0.39 is 11.9 Å². The lowest BCUT2D eigenvalue weighted by atomic mass is 10.0. The van der Waals surface area contributed by atoms with Crippen LogP contribution >= 0.6 is 0 Å². The molecule has 2 aliphatic rings. The third-order valence-electron chi connectivity index (χ3n) is 4.64. The topological polar surface area (TPSA) is 81.1 Å². The molecule has 0 bridgehead atoms. The van der Waals surface area contributed by atoms with Crippen LogP contribution in [0.15, 0.2) is 0 Å².